The molecule has 0 aliphatic heterocycles. The maximum atomic E-state index is 10.8. The minimum atomic E-state index is -0.515. The molecule has 0 heterocycles. The Bertz CT molecular complexity index is 191. The highest BCUT2D eigenvalue weighted by Gasteiger charge is 2.04. The van der Waals surface area contributed by atoms with Gasteiger partial charge in [0.05, 0.1) is 6.61 Å². The van der Waals surface area contributed by atoms with E-state index >= 15 is 0 Å². The van der Waals surface area contributed by atoms with E-state index in [1.807, 2.05) is 0 Å². The summed E-state index contributed by atoms with van der Waals surface area (Å²) in [7, 11) is 0. The smallest absolute Gasteiger partial charge is 0.313 e. The van der Waals surface area contributed by atoms with E-state index in [1.165, 1.54) is 6.92 Å². The molecule has 0 aromatic heterocycles. The summed E-state index contributed by atoms with van der Waals surface area (Å²) in [6, 6.07) is 0. The first-order valence-corrected chi connectivity index (χ1v) is 3.99. The van der Waals surface area contributed by atoms with Crippen LogP contribution < -0.4 is 5.32 Å². The molecule has 1 amide bonds. The third-order valence-corrected chi connectivity index (χ3v) is 1.21. The number of Topliss-reactive ketones (excluding diaryl/α,β-unsaturated/α-hetero) is 1. The molecule has 0 aromatic rings. The second-order valence-electron chi connectivity index (χ2n) is 2.52. The largest absolute Gasteiger partial charge is 0.465 e. The van der Waals surface area contributed by atoms with Gasteiger partial charge in [0.2, 0.25) is 6.41 Å². The summed E-state index contributed by atoms with van der Waals surface area (Å²) >= 11 is 0. The van der Waals surface area contributed by atoms with Gasteiger partial charge in [-0.2, -0.15) is 0 Å². The number of ether oxygens (including phenoxy) is 1. The van der Waals surface area contributed by atoms with Gasteiger partial charge in [0.1, 0.15) is 12.2 Å². The molecular formula is C8H13NO4. The van der Waals surface area contributed by atoms with Crippen LogP contribution in [0.15, 0.2) is 0 Å². The van der Waals surface area contributed by atoms with Gasteiger partial charge in [-0.15, -0.1) is 0 Å². The number of nitrogens with one attached hydrogen (secondary N) is 1. The number of hydrogen-bond donors (Lipinski definition) is 1. The molecule has 0 aliphatic rings. The van der Waals surface area contributed by atoms with Crippen LogP contribution in [-0.4, -0.2) is 31.3 Å². The van der Waals surface area contributed by atoms with Crippen molar-refractivity contribution < 1.29 is 19.1 Å². The molecule has 0 saturated heterocycles. The third-order valence-electron chi connectivity index (χ3n) is 1.21. The van der Waals surface area contributed by atoms with Crippen molar-refractivity contribution in [2.24, 2.45) is 0 Å². The molecule has 13 heavy (non-hydrogen) atoms. The van der Waals surface area contributed by atoms with Gasteiger partial charge in [-0.25, -0.2) is 0 Å². The van der Waals surface area contributed by atoms with E-state index in [0.29, 0.717) is 19.4 Å². The predicted octanol–water partition coefficient (Wildman–Crippen LogP) is -0.355. The number of rotatable bonds is 7. The standard InChI is InChI=1S/C8H13NO4/c1-7(11)5-8(12)13-4-2-3-9-6-10/h6H,2-5H2,1H3,(H,9,10). The maximum Gasteiger partial charge on any atom is 0.313 e. The van der Waals surface area contributed by atoms with Crippen molar-refractivity contribution in [2.45, 2.75) is 19.8 Å². The van der Waals surface area contributed by atoms with Gasteiger partial charge in [0.25, 0.3) is 0 Å². The van der Waals surface area contributed by atoms with Gasteiger partial charge in [-0.1, -0.05) is 0 Å². The number of carbonyl (C=O) groups is 3. The summed E-state index contributed by atoms with van der Waals surface area (Å²) in [6.07, 6.45) is 0.959. The average Bonchev–Trinajstić information content (AvgIpc) is 2.02. The number of amides is 1. The topological polar surface area (TPSA) is 72.5 Å². The molecule has 0 saturated carbocycles. The quantitative estimate of drug-likeness (QED) is 0.256. The second kappa shape index (κ2) is 7.27. The van der Waals surface area contributed by atoms with Crippen molar-refractivity contribution in [1.82, 2.24) is 5.32 Å². The van der Waals surface area contributed by atoms with Gasteiger partial charge >= 0.3 is 5.97 Å². The van der Waals surface area contributed by atoms with Crippen LogP contribution in [0.25, 0.3) is 0 Å². The number of hydrogen-bond acceptors (Lipinski definition) is 4. The van der Waals surface area contributed by atoms with Crippen LogP contribution in [0.4, 0.5) is 0 Å². The molecule has 5 heteroatoms. The highest BCUT2D eigenvalue weighted by atomic mass is 16.5. The predicted molar refractivity (Wildman–Crippen MR) is 44.9 cm³/mol. The van der Waals surface area contributed by atoms with Crippen LogP contribution in [0.2, 0.25) is 0 Å². The van der Waals surface area contributed by atoms with E-state index in [2.05, 4.69) is 10.1 Å². The summed E-state index contributed by atoms with van der Waals surface area (Å²) in [5.74, 6) is -0.727. The van der Waals surface area contributed by atoms with Gasteiger partial charge in [0.15, 0.2) is 0 Å². The maximum absolute atomic E-state index is 10.8. The Balaban J connectivity index is 3.26. The minimum Gasteiger partial charge on any atom is -0.465 e. The number of esters is 1. The number of ketones is 1. The Kier molecular flexibility index (Phi) is 6.49. The fourth-order valence-corrected chi connectivity index (χ4v) is 0.673. The Morgan fingerprint density at radius 1 is 1.46 bits per heavy atom. The number of carbonyl (C=O) groups excluding carboxylic acids is 3. The van der Waals surface area contributed by atoms with E-state index in [0.717, 1.165) is 0 Å². The lowest BCUT2D eigenvalue weighted by Gasteiger charge is -2.02. The molecule has 1 N–H and O–H groups in total. The molecular weight excluding hydrogens is 174 g/mol. The summed E-state index contributed by atoms with van der Waals surface area (Å²) in [5.41, 5.74) is 0. The molecule has 0 rings (SSSR count). The summed E-state index contributed by atoms with van der Waals surface area (Å²) in [6.45, 7) is 2.03. The van der Waals surface area contributed by atoms with Crippen molar-refractivity contribution in [3.05, 3.63) is 0 Å². The van der Waals surface area contributed by atoms with Crippen molar-refractivity contribution in [2.75, 3.05) is 13.2 Å². The SMILES string of the molecule is CC(=O)CC(=O)OCCCNC=O. The van der Waals surface area contributed by atoms with Crippen LogP contribution in [0.3, 0.4) is 0 Å². The molecule has 0 spiro atoms. The van der Waals surface area contributed by atoms with Crippen molar-refractivity contribution >= 4 is 18.2 Å². The molecule has 0 unspecified atom stereocenters. The van der Waals surface area contributed by atoms with Crippen LogP contribution in [-0.2, 0) is 19.1 Å². The first-order valence-electron chi connectivity index (χ1n) is 3.99. The Labute approximate surface area is 76.4 Å². The molecule has 0 bridgehead atoms. The van der Waals surface area contributed by atoms with Crippen LogP contribution in [0.1, 0.15) is 19.8 Å². The zero-order chi connectivity index (χ0) is 10.1. The van der Waals surface area contributed by atoms with E-state index in [1.54, 1.807) is 0 Å². The Morgan fingerprint density at radius 2 is 2.15 bits per heavy atom. The van der Waals surface area contributed by atoms with E-state index < -0.39 is 5.97 Å². The van der Waals surface area contributed by atoms with Gasteiger partial charge < -0.3 is 10.1 Å². The average molecular weight is 187 g/mol. The van der Waals surface area contributed by atoms with Crippen molar-refractivity contribution in [3.63, 3.8) is 0 Å². The Hall–Kier alpha value is -1.39. The second-order valence-corrected chi connectivity index (χ2v) is 2.52. The first kappa shape index (κ1) is 11.6. The first-order chi connectivity index (χ1) is 6.16. The molecule has 74 valence electrons. The zero-order valence-corrected chi connectivity index (χ0v) is 7.54. The minimum absolute atomic E-state index is 0.179. The van der Waals surface area contributed by atoms with E-state index in [4.69, 9.17) is 0 Å². The monoisotopic (exact) mass is 187 g/mol. The molecule has 0 atom stereocenters. The molecule has 5 nitrogen and oxygen atoms in total. The van der Waals surface area contributed by atoms with E-state index in [9.17, 15) is 14.4 Å². The molecule has 0 aromatic carbocycles. The fraction of sp³-hybridized carbons (Fsp3) is 0.625. The summed E-state index contributed by atoms with van der Waals surface area (Å²) in [4.78, 5) is 31.0. The van der Waals surface area contributed by atoms with Crippen LogP contribution in [0.5, 0.6) is 0 Å². The lowest BCUT2D eigenvalue weighted by Crippen LogP contribution is -2.16. The summed E-state index contributed by atoms with van der Waals surface area (Å²) < 4.78 is 4.68. The van der Waals surface area contributed by atoms with Crippen molar-refractivity contribution in [3.8, 4) is 0 Å². The summed E-state index contributed by atoms with van der Waals surface area (Å²) in [5, 5.41) is 2.42. The van der Waals surface area contributed by atoms with Crippen LogP contribution >= 0.6 is 0 Å². The zero-order valence-electron chi connectivity index (χ0n) is 7.54. The fourth-order valence-electron chi connectivity index (χ4n) is 0.673. The van der Waals surface area contributed by atoms with Crippen molar-refractivity contribution in [1.29, 1.82) is 0 Å². The van der Waals surface area contributed by atoms with Gasteiger partial charge in [-0.05, 0) is 13.3 Å². The highest BCUT2D eigenvalue weighted by Crippen LogP contribution is 1.89. The molecule has 0 radical (unpaired) electrons. The molecule has 0 aliphatic carbocycles. The Morgan fingerprint density at radius 3 is 2.69 bits per heavy atom. The molecule has 0 fully saturated rings. The normalized spacial score (nSPS) is 9.00. The third kappa shape index (κ3) is 8.52. The highest BCUT2D eigenvalue weighted by molar-refractivity contribution is 5.94. The van der Waals surface area contributed by atoms with Gasteiger partial charge in [-0.3, -0.25) is 14.4 Å². The lowest BCUT2D eigenvalue weighted by molar-refractivity contribution is -0.145. The van der Waals surface area contributed by atoms with E-state index in [-0.39, 0.29) is 18.8 Å². The lowest BCUT2D eigenvalue weighted by atomic mass is 10.3. The van der Waals surface area contributed by atoms with Crippen LogP contribution in [0, 0.1) is 0 Å². The van der Waals surface area contributed by atoms with Gasteiger partial charge in [0, 0.05) is 6.54 Å².